The van der Waals surface area contributed by atoms with Gasteiger partial charge < -0.3 is 15.5 Å². The highest BCUT2D eigenvalue weighted by molar-refractivity contribution is 5.93. The van der Waals surface area contributed by atoms with Crippen LogP contribution in [0, 0.1) is 0 Å². The van der Waals surface area contributed by atoms with Gasteiger partial charge in [0.05, 0.1) is 5.56 Å². The zero-order valence-electron chi connectivity index (χ0n) is 11.0. The summed E-state index contributed by atoms with van der Waals surface area (Å²) in [5.74, 6) is 0.879. The lowest BCUT2D eigenvalue weighted by Crippen LogP contribution is -2.43. The van der Waals surface area contributed by atoms with E-state index in [1.165, 1.54) is 0 Å². The summed E-state index contributed by atoms with van der Waals surface area (Å²) in [6.45, 7) is 1.83. The fourth-order valence-corrected chi connectivity index (χ4v) is 2.18. The van der Waals surface area contributed by atoms with Gasteiger partial charge in [0.1, 0.15) is 5.82 Å². The Bertz CT molecular complexity index is 416. The lowest BCUT2D eigenvalue weighted by atomic mass is 10.1. The Morgan fingerprint density at radius 2 is 2.28 bits per heavy atom. The summed E-state index contributed by atoms with van der Waals surface area (Å²) in [4.78, 5) is 19.8. The van der Waals surface area contributed by atoms with E-state index in [1.54, 1.807) is 25.2 Å². The molecule has 1 aromatic heterocycles. The van der Waals surface area contributed by atoms with Crippen molar-refractivity contribution in [3.63, 3.8) is 0 Å². The van der Waals surface area contributed by atoms with Crippen LogP contribution in [0.15, 0.2) is 18.3 Å². The summed E-state index contributed by atoms with van der Waals surface area (Å²) < 4.78 is 0. The van der Waals surface area contributed by atoms with Crippen molar-refractivity contribution in [3.8, 4) is 0 Å². The van der Waals surface area contributed by atoms with Crippen LogP contribution in [0.3, 0.4) is 0 Å². The van der Waals surface area contributed by atoms with Gasteiger partial charge in [0.2, 0.25) is 0 Å². The van der Waals surface area contributed by atoms with Gasteiger partial charge in [0, 0.05) is 39.4 Å². The first-order valence-corrected chi connectivity index (χ1v) is 6.26. The third kappa shape index (κ3) is 2.79. The number of amides is 1. The molecule has 1 aliphatic heterocycles. The van der Waals surface area contributed by atoms with Crippen molar-refractivity contribution in [1.82, 2.24) is 9.88 Å². The van der Waals surface area contributed by atoms with Gasteiger partial charge >= 0.3 is 0 Å². The Morgan fingerprint density at radius 3 is 2.83 bits per heavy atom. The minimum Gasteiger partial charge on any atom is -0.355 e. The number of carbonyl (C=O) groups excluding carboxylic acids is 1. The van der Waals surface area contributed by atoms with Gasteiger partial charge in [-0.15, -0.1) is 0 Å². The zero-order chi connectivity index (χ0) is 13.1. The van der Waals surface area contributed by atoms with Crippen LogP contribution in [0.4, 0.5) is 5.82 Å². The number of carbonyl (C=O) groups is 1. The van der Waals surface area contributed by atoms with Crippen LogP contribution in [0.5, 0.6) is 0 Å². The van der Waals surface area contributed by atoms with Crippen LogP contribution in [0.25, 0.3) is 0 Å². The van der Waals surface area contributed by atoms with Gasteiger partial charge in [-0.2, -0.15) is 0 Å². The van der Waals surface area contributed by atoms with E-state index in [-0.39, 0.29) is 11.9 Å². The Morgan fingerprint density at radius 1 is 1.50 bits per heavy atom. The lowest BCUT2D eigenvalue weighted by molar-refractivity contribution is 0.0827. The molecule has 0 spiro atoms. The number of hydrogen-bond acceptors (Lipinski definition) is 4. The topological polar surface area (TPSA) is 62.5 Å². The standard InChI is InChI=1S/C13H20N4O/c1-16(2)13(18)10-5-6-12(15-8-10)17-7-3-4-11(14)9-17/h5-6,8,11H,3-4,7,9,14H2,1-2H3. The lowest BCUT2D eigenvalue weighted by Gasteiger charge is -2.31. The Hall–Kier alpha value is -1.62. The molecule has 0 saturated carbocycles. The highest BCUT2D eigenvalue weighted by atomic mass is 16.2. The molecular weight excluding hydrogens is 228 g/mol. The SMILES string of the molecule is CN(C)C(=O)c1ccc(N2CCCC(N)C2)nc1. The van der Waals surface area contributed by atoms with Gasteiger partial charge in [0.25, 0.3) is 5.91 Å². The molecule has 1 unspecified atom stereocenters. The minimum atomic E-state index is -0.0237. The van der Waals surface area contributed by atoms with E-state index < -0.39 is 0 Å². The van der Waals surface area contributed by atoms with E-state index in [0.29, 0.717) is 5.56 Å². The molecule has 2 rings (SSSR count). The Kier molecular flexibility index (Phi) is 3.81. The molecule has 98 valence electrons. The number of aromatic nitrogens is 1. The Balaban J connectivity index is 2.10. The Labute approximate surface area is 108 Å². The molecule has 1 aromatic rings. The fourth-order valence-electron chi connectivity index (χ4n) is 2.18. The number of hydrogen-bond donors (Lipinski definition) is 1. The van der Waals surface area contributed by atoms with E-state index >= 15 is 0 Å². The van der Waals surface area contributed by atoms with Crippen molar-refractivity contribution >= 4 is 11.7 Å². The second-order valence-corrected chi connectivity index (χ2v) is 4.95. The first-order chi connectivity index (χ1) is 8.58. The second-order valence-electron chi connectivity index (χ2n) is 4.95. The molecule has 1 saturated heterocycles. The molecule has 0 bridgehead atoms. The van der Waals surface area contributed by atoms with E-state index in [4.69, 9.17) is 5.73 Å². The molecule has 1 fully saturated rings. The molecule has 5 heteroatoms. The highest BCUT2D eigenvalue weighted by Crippen LogP contribution is 2.17. The maximum absolute atomic E-state index is 11.7. The van der Waals surface area contributed by atoms with Crippen LogP contribution in [0.1, 0.15) is 23.2 Å². The molecule has 0 aliphatic carbocycles. The number of pyridine rings is 1. The summed E-state index contributed by atoms with van der Waals surface area (Å²) >= 11 is 0. The molecule has 0 radical (unpaired) electrons. The van der Waals surface area contributed by atoms with Crippen molar-refractivity contribution in [1.29, 1.82) is 0 Å². The minimum absolute atomic E-state index is 0.0237. The summed E-state index contributed by atoms with van der Waals surface area (Å²) in [6.07, 6.45) is 3.81. The van der Waals surface area contributed by atoms with E-state index in [0.717, 1.165) is 31.7 Å². The van der Waals surface area contributed by atoms with Crippen molar-refractivity contribution in [2.75, 3.05) is 32.1 Å². The molecule has 2 N–H and O–H groups in total. The number of rotatable bonds is 2. The molecule has 0 aromatic carbocycles. The van der Waals surface area contributed by atoms with E-state index in [1.807, 2.05) is 12.1 Å². The fraction of sp³-hybridized carbons (Fsp3) is 0.538. The summed E-state index contributed by atoms with van der Waals surface area (Å²) in [7, 11) is 3.47. The van der Waals surface area contributed by atoms with Gasteiger partial charge in [-0.3, -0.25) is 4.79 Å². The van der Waals surface area contributed by atoms with Crippen molar-refractivity contribution < 1.29 is 4.79 Å². The van der Waals surface area contributed by atoms with Gasteiger partial charge in [0.15, 0.2) is 0 Å². The second kappa shape index (κ2) is 5.35. The van der Waals surface area contributed by atoms with Crippen LogP contribution in [-0.2, 0) is 0 Å². The summed E-state index contributed by atoms with van der Waals surface area (Å²) in [6, 6.07) is 3.95. The maximum Gasteiger partial charge on any atom is 0.254 e. The van der Waals surface area contributed by atoms with Crippen LogP contribution in [-0.4, -0.2) is 49.0 Å². The summed E-state index contributed by atoms with van der Waals surface area (Å²) in [5, 5.41) is 0. The average molecular weight is 248 g/mol. The molecular formula is C13H20N4O. The van der Waals surface area contributed by atoms with Gasteiger partial charge in [-0.05, 0) is 25.0 Å². The molecule has 18 heavy (non-hydrogen) atoms. The van der Waals surface area contributed by atoms with E-state index in [2.05, 4.69) is 9.88 Å². The predicted octanol–water partition coefficient (Wildman–Crippen LogP) is 0.711. The largest absolute Gasteiger partial charge is 0.355 e. The van der Waals surface area contributed by atoms with E-state index in [9.17, 15) is 4.79 Å². The third-order valence-corrected chi connectivity index (χ3v) is 3.18. The molecule has 1 atom stereocenters. The van der Waals surface area contributed by atoms with Crippen LogP contribution < -0.4 is 10.6 Å². The highest BCUT2D eigenvalue weighted by Gasteiger charge is 2.18. The predicted molar refractivity (Wildman–Crippen MR) is 71.7 cm³/mol. The first kappa shape index (κ1) is 12.8. The van der Waals surface area contributed by atoms with Crippen LogP contribution in [0.2, 0.25) is 0 Å². The average Bonchev–Trinajstić information content (AvgIpc) is 2.38. The molecule has 5 nitrogen and oxygen atoms in total. The van der Waals surface area contributed by atoms with Crippen molar-refractivity contribution in [3.05, 3.63) is 23.9 Å². The van der Waals surface area contributed by atoms with Gasteiger partial charge in [-0.1, -0.05) is 0 Å². The number of nitrogens with two attached hydrogens (primary N) is 1. The quantitative estimate of drug-likeness (QED) is 0.837. The van der Waals surface area contributed by atoms with Crippen molar-refractivity contribution in [2.45, 2.75) is 18.9 Å². The number of anilines is 1. The molecule has 2 heterocycles. The monoisotopic (exact) mass is 248 g/mol. The molecule has 1 amide bonds. The van der Waals surface area contributed by atoms with Crippen molar-refractivity contribution in [2.24, 2.45) is 5.73 Å². The summed E-state index contributed by atoms with van der Waals surface area (Å²) in [5.41, 5.74) is 6.57. The molecule has 1 aliphatic rings. The maximum atomic E-state index is 11.7. The number of nitrogens with zero attached hydrogens (tertiary/aromatic N) is 3. The first-order valence-electron chi connectivity index (χ1n) is 6.26. The third-order valence-electron chi connectivity index (χ3n) is 3.18. The normalized spacial score (nSPS) is 19.7. The zero-order valence-corrected chi connectivity index (χ0v) is 11.0. The smallest absolute Gasteiger partial charge is 0.254 e. The van der Waals surface area contributed by atoms with Gasteiger partial charge in [-0.25, -0.2) is 4.98 Å². The van der Waals surface area contributed by atoms with Crippen LogP contribution >= 0.6 is 0 Å². The number of piperidine rings is 1.